The average molecular weight is 300 g/mol. The fraction of sp³-hybridized carbons (Fsp3) is 0.786. The van der Waals surface area contributed by atoms with Gasteiger partial charge in [-0.15, -0.1) is 0 Å². The van der Waals surface area contributed by atoms with Crippen LogP contribution in [0.1, 0.15) is 40.5 Å². The first-order chi connectivity index (χ1) is 9.59. The first-order valence-electron chi connectivity index (χ1n) is 7.05. The van der Waals surface area contributed by atoms with E-state index in [-0.39, 0.29) is 32.5 Å². The van der Waals surface area contributed by atoms with Gasteiger partial charge in [-0.3, -0.25) is 5.41 Å². The zero-order valence-corrected chi connectivity index (χ0v) is 13.1. The van der Waals surface area contributed by atoms with Crippen LogP contribution in [-0.2, 0) is 14.3 Å². The Balaban J connectivity index is 2.60. The summed E-state index contributed by atoms with van der Waals surface area (Å²) >= 11 is 0. The Morgan fingerprint density at radius 1 is 1.29 bits per heavy atom. The van der Waals surface area contributed by atoms with Crippen LogP contribution in [0.3, 0.4) is 0 Å². The van der Waals surface area contributed by atoms with Gasteiger partial charge in [0.1, 0.15) is 16.9 Å². The van der Waals surface area contributed by atoms with Crippen LogP contribution in [0.25, 0.3) is 0 Å². The number of piperidine rings is 1. The summed E-state index contributed by atoms with van der Waals surface area (Å²) in [7, 11) is 0. The second kappa shape index (κ2) is 6.43. The van der Waals surface area contributed by atoms with E-state index >= 15 is 0 Å². The van der Waals surface area contributed by atoms with Gasteiger partial charge in [0.25, 0.3) is 0 Å². The van der Waals surface area contributed by atoms with Crippen molar-refractivity contribution in [3.8, 4) is 0 Å². The zero-order valence-electron chi connectivity index (χ0n) is 13.1. The van der Waals surface area contributed by atoms with Crippen molar-refractivity contribution < 1.29 is 24.2 Å². The fourth-order valence-corrected chi connectivity index (χ4v) is 2.03. The molecule has 1 rings (SSSR count). The lowest BCUT2D eigenvalue weighted by Crippen LogP contribution is -2.53. The molecule has 0 aromatic rings. The van der Waals surface area contributed by atoms with Crippen LogP contribution >= 0.6 is 0 Å². The summed E-state index contributed by atoms with van der Waals surface area (Å²) in [4.78, 5) is 24.9. The molecule has 2 N–H and O–H groups in total. The molecule has 7 heteroatoms. The lowest BCUT2D eigenvalue weighted by Gasteiger charge is -2.38. The van der Waals surface area contributed by atoms with Crippen molar-refractivity contribution >= 4 is 17.8 Å². The highest BCUT2D eigenvalue weighted by Gasteiger charge is 2.42. The summed E-state index contributed by atoms with van der Waals surface area (Å²) < 4.78 is 9.99. The Kier molecular flexibility index (Phi) is 5.33. The number of carbonyl (C=O) groups is 2. The minimum atomic E-state index is -1.54. The summed E-state index contributed by atoms with van der Waals surface area (Å²) in [5.74, 6) is -0.814. The Morgan fingerprint density at radius 3 is 2.24 bits per heavy atom. The minimum Gasteiger partial charge on any atom is -0.461 e. The number of likely N-dealkylation sites (tertiary alicyclic amines) is 1. The van der Waals surface area contributed by atoms with Gasteiger partial charge in [0.2, 0.25) is 0 Å². The number of ether oxygens (including phenoxy) is 2. The highest BCUT2D eigenvalue weighted by atomic mass is 16.6. The number of carbonyl (C=O) groups excluding carboxylic acids is 2. The van der Waals surface area contributed by atoms with Gasteiger partial charge in [-0.05, 0) is 40.5 Å². The zero-order chi connectivity index (χ0) is 16.3. The first kappa shape index (κ1) is 17.4. The molecule has 0 bridgehead atoms. The van der Waals surface area contributed by atoms with Crippen molar-refractivity contribution in [1.82, 2.24) is 4.90 Å². The Morgan fingerprint density at radius 2 is 1.81 bits per heavy atom. The van der Waals surface area contributed by atoms with E-state index in [0.29, 0.717) is 0 Å². The fourth-order valence-electron chi connectivity index (χ4n) is 2.03. The van der Waals surface area contributed by atoms with Crippen LogP contribution < -0.4 is 0 Å². The van der Waals surface area contributed by atoms with Crippen molar-refractivity contribution in [2.75, 3.05) is 19.7 Å². The number of rotatable bonds is 3. The highest BCUT2D eigenvalue weighted by Crippen LogP contribution is 2.25. The maximum Gasteiger partial charge on any atom is 0.410 e. The third-order valence-corrected chi connectivity index (χ3v) is 3.19. The van der Waals surface area contributed by atoms with Gasteiger partial charge in [-0.25, -0.2) is 9.59 Å². The largest absolute Gasteiger partial charge is 0.461 e. The lowest BCUT2D eigenvalue weighted by atomic mass is 9.86. The number of esters is 1. The van der Waals surface area contributed by atoms with Crippen molar-refractivity contribution in [3.63, 3.8) is 0 Å². The number of hydrogen-bond acceptors (Lipinski definition) is 6. The van der Waals surface area contributed by atoms with Crippen LogP contribution in [0, 0.1) is 5.41 Å². The molecule has 1 heterocycles. The summed E-state index contributed by atoms with van der Waals surface area (Å²) in [6.45, 7) is 7.59. The van der Waals surface area contributed by atoms with Gasteiger partial charge in [-0.2, -0.15) is 0 Å². The van der Waals surface area contributed by atoms with Crippen molar-refractivity contribution in [2.24, 2.45) is 0 Å². The number of aliphatic hydroxyl groups is 1. The van der Waals surface area contributed by atoms with Crippen LogP contribution in [-0.4, -0.2) is 58.7 Å². The second-order valence-electron chi connectivity index (χ2n) is 6.09. The highest BCUT2D eigenvalue weighted by molar-refractivity contribution is 6.38. The summed E-state index contributed by atoms with van der Waals surface area (Å²) in [5.41, 5.74) is -2.57. The van der Waals surface area contributed by atoms with Gasteiger partial charge in [0.15, 0.2) is 0 Å². The van der Waals surface area contributed by atoms with Crippen LogP contribution in [0.5, 0.6) is 0 Å². The van der Waals surface area contributed by atoms with E-state index in [9.17, 15) is 14.7 Å². The molecule has 0 aromatic heterocycles. The molecule has 0 radical (unpaired) electrons. The van der Waals surface area contributed by atoms with Gasteiger partial charge in [0.05, 0.1) is 6.61 Å². The molecule has 0 aromatic carbocycles. The van der Waals surface area contributed by atoms with E-state index in [2.05, 4.69) is 0 Å². The second-order valence-corrected chi connectivity index (χ2v) is 6.09. The molecular formula is C14H24N2O5. The molecule has 1 saturated heterocycles. The van der Waals surface area contributed by atoms with Gasteiger partial charge < -0.3 is 19.5 Å². The van der Waals surface area contributed by atoms with Crippen LogP contribution in [0.15, 0.2) is 0 Å². The monoisotopic (exact) mass is 300 g/mol. The maximum absolute atomic E-state index is 11.9. The Labute approximate surface area is 124 Å². The van der Waals surface area contributed by atoms with Gasteiger partial charge in [0, 0.05) is 13.1 Å². The normalized spacial score (nSPS) is 18.0. The molecule has 1 fully saturated rings. The predicted octanol–water partition coefficient (Wildman–Crippen LogP) is 1.33. The number of nitrogens with zero attached hydrogens (tertiary/aromatic N) is 1. The van der Waals surface area contributed by atoms with Crippen molar-refractivity contribution in [3.05, 3.63) is 0 Å². The predicted molar refractivity (Wildman–Crippen MR) is 76.4 cm³/mol. The average Bonchev–Trinajstić information content (AvgIpc) is 2.36. The number of hydrogen-bond donors (Lipinski definition) is 2. The standard InChI is InChI=1S/C14H24N2O5/c1-5-20-11(17)10(15)14(19)6-8-16(9-7-14)12(18)21-13(2,3)4/h15,19H,5-9H2,1-4H3. The molecule has 0 aliphatic carbocycles. The molecule has 0 atom stereocenters. The van der Waals surface area contributed by atoms with E-state index in [1.54, 1.807) is 27.7 Å². The van der Waals surface area contributed by atoms with E-state index in [0.717, 1.165) is 0 Å². The lowest BCUT2D eigenvalue weighted by molar-refractivity contribution is -0.136. The molecule has 21 heavy (non-hydrogen) atoms. The third-order valence-electron chi connectivity index (χ3n) is 3.19. The summed E-state index contributed by atoms with van der Waals surface area (Å²) in [5, 5.41) is 18.1. The van der Waals surface area contributed by atoms with Crippen LogP contribution in [0.2, 0.25) is 0 Å². The molecule has 7 nitrogen and oxygen atoms in total. The third kappa shape index (κ3) is 4.70. The number of amides is 1. The minimum absolute atomic E-state index is 0.115. The number of nitrogens with one attached hydrogen (secondary N) is 1. The van der Waals surface area contributed by atoms with E-state index in [4.69, 9.17) is 14.9 Å². The summed E-state index contributed by atoms with van der Waals surface area (Å²) in [6.07, 6.45) is -0.222. The summed E-state index contributed by atoms with van der Waals surface area (Å²) in [6, 6.07) is 0. The molecule has 0 spiro atoms. The molecule has 1 aliphatic rings. The molecular weight excluding hydrogens is 276 g/mol. The van der Waals surface area contributed by atoms with Crippen molar-refractivity contribution in [2.45, 2.75) is 51.7 Å². The van der Waals surface area contributed by atoms with Crippen molar-refractivity contribution in [1.29, 1.82) is 5.41 Å². The first-order valence-corrected chi connectivity index (χ1v) is 7.05. The molecule has 1 aliphatic heterocycles. The van der Waals surface area contributed by atoms with Crippen LogP contribution in [0.4, 0.5) is 4.79 Å². The quantitative estimate of drug-likeness (QED) is 0.605. The van der Waals surface area contributed by atoms with Gasteiger partial charge in [-0.1, -0.05) is 0 Å². The molecule has 1 amide bonds. The van der Waals surface area contributed by atoms with E-state index in [1.165, 1.54) is 4.90 Å². The smallest absolute Gasteiger partial charge is 0.410 e. The molecule has 0 unspecified atom stereocenters. The van der Waals surface area contributed by atoms with Gasteiger partial charge >= 0.3 is 12.1 Å². The Bertz CT molecular complexity index is 420. The van der Waals surface area contributed by atoms with E-state index in [1.807, 2.05) is 0 Å². The Hall–Kier alpha value is -1.63. The SMILES string of the molecule is CCOC(=O)C(=N)C1(O)CCN(C(=O)OC(C)(C)C)CC1. The van der Waals surface area contributed by atoms with E-state index < -0.39 is 29.0 Å². The molecule has 120 valence electrons. The molecule has 0 saturated carbocycles. The topological polar surface area (TPSA) is 99.9 Å². The maximum atomic E-state index is 11.9.